The maximum absolute atomic E-state index is 12.9. The van der Waals surface area contributed by atoms with Gasteiger partial charge in [0.2, 0.25) is 10.0 Å². The molecule has 1 N–H and O–H groups in total. The molecule has 32 heavy (non-hydrogen) atoms. The van der Waals surface area contributed by atoms with Crippen LogP contribution < -0.4 is 10.1 Å². The van der Waals surface area contributed by atoms with Crippen LogP contribution in [-0.2, 0) is 10.0 Å². The SMILES string of the molecule is CCCN(CCC)S(=O)(=O)c1ccc(C(=O)Nc2ccccc2Oc2ccccc2)cc1. The predicted molar refractivity (Wildman–Crippen MR) is 127 cm³/mol. The maximum Gasteiger partial charge on any atom is 0.255 e. The van der Waals surface area contributed by atoms with Crippen LogP contribution in [0.4, 0.5) is 5.69 Å². The number of sulfonamides is 1. The maximum atomic E-state index is 12.9. The Morgan fingerprint density at radius 1 is 0.844 bits per heavy atom. The molecule has 1 amide bonds. The summed E-state index contributed by atoms with van der Waals surface area (Å²) in [4.78, 5) is 13.0. The van der Waals surface area contributed by atoms with E-state index in [0.717, 1.165) is 12.8 Å². The van der Waals surface area contributed by atoms with Crippen molar-refractivity contribution in [2.45, 2.75) is 31.6 Å². The second-order valence-corrected chi connectivity index (χ2v) is 9.23. The molecule has 3 rings (SSSR count). The number of hydrogen-bond acceptors (Lipinski definition) is 4. The summed E-state index contributed by atoms with van der Waals surface area (Å²) in [5, 5.41) is 2.84. The molecule has 6 nitrogen and oxygen atoms in total. The number of amides is 1. The molecule has 0 unspecified atom stereocenters. The third-order valence-corrected chi connectivity index (χ3v) is 6.72. The van der Waals surface area contributed by atoms with E-state index in [2.05, 4.69) is 5.32 Å². The van der Waals surface area contributed by atoms with Gasteiger partial charge in [0, 0.05) is 18.7 Å². The van der Waals surface area contributed by atoms with Gasteiger partial charge in [-0.05, 0) is 61.4 Å². The minimum Gasteiger partial charge on any atom is -0.455 e. The lowest BCUT2D eigenvalue weighted by Crippen LogP contribution is -2.32. The lowest BCUT2D eigenvalue weighted by molar-refractivity contribution is 0.102. The number of rotatable bonds is 10. The van der Waals surface area contributed by atoms with Gasteiger partial charge in [0.1, 0.15) is 5.75 Å². The van der Waals surface area contributed by atoms with E-state index in [1.807, 2.05) is 50.2 Å². The molecule has 0 aliphatic heterocycles. The molecule has 0 heterocycles. The number of carbonyl (C=O) groups excluding carboxylic acids is 1. The average Bonchev–Trinajstić information content (AvgIpc) is 2.81. The van der Waals surface area contributed by atoms with Gasteiger partial charge in [0.05, 0.1) is 10.6 Å². The van der Waals surface area contributed by atoms with Crippen LogP contribution in [-0.4, -0.2) is 31.7 Å². The zero-order valence-corrected chi connectivity index (χ0v) is 19.1. The highest BCUT2D eigenvalue weighted by atomic mass is 32.2. The molecular weight excluding hydrogens is 424 g/mol. The summed E-state index contributed by atoms with van der Waals surface area (Å²) < 4.78 is 33.2. The van der Waals surface area contributed by atoms with Crippen LogP contribution in [0.1, 0.15) is 37.0 Å². The number of para-hydroxylation sites is 3. The minimum absolute atomic E-state index is 0.184. The molecule has 3 aromatic rings. The van der Waals surface area contributed by atoms with Crippen LogP contribution >= 0.6 is 0 Å². The standard InChI is InChI=1S/C25H28N2O4S/c1-3-18-27(19-4-2)32(29,30)22-16-14-20(15-17-22)25(28)26-23-12-8-9-13-24(23)31-21-10-6-5-7-11-21/h5-17H,3-4,18-19H2,1-2H3,(H,26,28). The molecule has 0 fully saturated rings. The van der Waals surface area contributed by atoms with Gasteiger partial charge in [-0.15, -0.1) is 0 Å². The smallest absolute Gasteiger partial charge is 0.255 e. The van der Waals surface area contributed by atoms with Crippen molar-refractivity contribution in [1.29, 1.82) is 0 Å². The van der Waals surface area contributed by atoms with Gasteiger partial charge in [-0.25, -0.2) is 8.42 Å². The second kappa shape index (κ2) is 10.9. The van der Waals surface area contributed by atoms with Crippen molar-refractivity contribution in [3.05, 3.63) is 84.4 Å². The van der Waals surface area contributed by atoms with E-state index >= 15 is 0 Å². The molecule has 3 aromatic carbocycles. The normalized spacial score (nSPS) is 11.3. The van der Waals surface area contributed by atoms with Crippen molar-refractivity contribution >= 4 is 21.6 Å². The summed E-state index contributed by atoms with van der Waals surface area (Å²) in [6.07, 6.45) is 1.48. The molecule has 0 saturated heterocycles. The van der Waals surface area contributed by atoms with Gasteiger partial charge < -0.3 is 10.1 Å². The van der Waals surface area contributed by atoms with E-state index < -0.39 is 10.0 Å². The molecule has 0 aliphatic carbocycles. The first-order valence-electron chi connectivity index (χ1n) is 10.7. The Kier molecular flexibility index (Phi) is 8.03. The van der Waals surface area contributed by atoms with Crippen LogP contribution in [0, 0.1) is 0 Å². The first-order chi connectivity index (χ1) is 15.5. The number of anilines is 1. The first kappa shape index (κ1) is 23.5. The Morgan fingerprint density at radius 2 is 1.44 bits per heavy atom. The topological polar surface area (TPSA) is 75.7 Å². The lowest BCUT2D eigenvalue weighted by Gasteiger charge is -2.21. The van der Waals surface area contributed by atoms with Gasteiger partial charge in [-0.1, -0.05) is 44.2 Å². The van der Waals surface area contributed by atoms with Gasteiger partial charge in [-0.3, -0.25) is 4.79 Å². The third-order valence-electron chi connectivity index (χ3n) is 4.81. The van der Waals surface area contributed by atoms with Crippen molar-refractivity contribution in [3.63, 3.8) is 0 Å². The number of nitrogens with one attached hydrogen (secondary N) is 1. The van der Waals surface area contributed by atoms with Crippen LogP contribution in [0.15, 0.2) is 83.8 Å². The first-order valence-corrected chi connectivity index (χ1v) is 12.1. The summed E-state index contributed by atoms with van der Waals surface area (Å²) >= 11 is 0. The number of nitrogens with zero attached hydrogens (tertiary/aromatic N) is 1. The molecule has 0 atom stereocenters. The summed E-state index contributed by atoms with van der Waals surface area (Å²) in [5.74, 6) is 0.825. The third kappa shape index (κ3) is 5.75. The van der Waals surface area contributed by atoms with Crippen LogP contribution in [0.3, 0.4) is 0 Å². The van der Waals surface area contributed by atoms with Gasteiger partial charge >= 0.3 is 0 Å². The molecule has 0 spiro atoms. The Hall–Kier alpha value is -3.16. The Labute approximate surface area is 189 Å². The van der Waals surface area contributed by atoms with Crippen LogP contribution in [0.2, 0.25) is 0 Å². The number of ether oxygens (including phenoxy) is 1. The Bertz CT molecular complexity index is 1120. The molecule has 7 heteroatoms. The van der Waals surface area contributed by atoms with Crippen molar-refractivity contribution in [2.75, 3.05) is 18.4 Å². The molecule has 0 saturated carbocycles. The van der Waals surface area contributed by atoms with Crippen molar-refractivity contribution in [1.82, 2.24) is 4.31 Å². The second-order valence-electron chi connectivity index (χ2n) is 7.29. The summed E-state index contributed by atoms with van der Waals surface area (Å²) in [7, 11) is -3.59. The number of benzene rings is 3. The average molecular weight is 453 g/mol. The van der Waals surface area contributed by atoms with Gasteiger partial charge in [0.25, 0.3) is 5.91 Å². The Balaban J connectivity index is 1.76. The monoisotopic (exact) mass is 452 g/mol. The van der Waals surface area contributed by atoms with E-state index in [9.17, 15) is 13.2 Å². The number of hydrogen-bond donors (Lipinski definition) is 1. The van der Waals surface area contributed by atoms with E-state index in [0.29, 0.717) is 35.8 Å². The van der Waals surface area contributed by atoms with Crippen molar-refractivity contribution < 1.29 is 17.9 Å². The van der Waals surface area contributed by atoms with Gasteiger partial charge in [-0.2, -0.15) is 4.31 Å². The van der Waals surface area contributed by atoms with E-state index in [1.54, 1.807) is 18.2 Å². The summed E-state index contributed by atoms with van der Waals surface area (Å²) in [5.41, 5.74) is 0.881. The fourth-order valence-electron chi connectivity index (χ4n) is 3.25. The molecule has 0 radical (unpaired) electrons. The highest BCUT2D eigenvalue weighted by Gasteiger charge is 2.23. The summed E-state index contributed by atoms with van der Waals surface area (Å²) in [6.45, 7) is 4.84. The minimum atomic E-state index is -3.59. The van der Waals surface area contributed by atoms with Gasteiger partial charge in [0.15, 0.2) is 5.75 Å². The highest BCUT2D eigenvalue weighted by Crippen LogP contribution is 2.29. The van der Waals surface area contributed by atoms with E-state index in [1.165, 1.54) is 28.6 Å². The van der Waals surface area contributed by atoms with Crippen LogP contribution in [0.5, 0.6) is 11.5 Å². The molecule has 0 bridgehead atoms. The zero-order valence-electron chi connectivity index (χ0n) is 18.3. The summed E-state index contributed by atoms with van der Waals surface area (Å²) in [6, 6.07) is 22.5. The fourth-order valence-corrected chi connectivity index (χ4v) is 4.87. The van der Waals surface area contributed by atoms with Crippen LogP contribution in [0.25, 0.3) is 0 Å². The molecule has 0 aromatic heterocycles. The van der Waals surface area contributed by atoms with Crippen molar-refractivity contribution in [3.8, 4) is 11.5 Å². The number of carbonyl (C=O) groups is 1. The van der Waals surface area contributed by atoms with E-state index in [-0.39, 0.29) is 10.8 Å². The predicted octanol–water partition coefficient (Wildman–Crippen LogP) is 5.54. The van der Waals surface area contributed by atoms with Crippen molar-refractivity contribution in [2.24, 2.45) is 0 Å². The van der Waals surface area contributed by atoms with E-state index in [4.69, 9.17) is 4.74 Å². The fraction of sp³-hybridized carbons (Fsp3) is 0.240. The largest absolute Gasteiger partial charge is 0.455 e. The highest BCUT2D eigenvalue weighted by molar-refractivity contribution is 7.89. The lowest BCUT2D eigenvalue weighted by atomic mass is 10.2. The Morgan fingerprint density at radius 3 is 2.06 bits per heavy atom. The molecule has 168 valence electrons. The molecule has 0 aliphatic rings. The molecular formula is C25H28N2O4S. The zero-order chi connectivity index (χ0) is 23.0. The quantitative estimate of drug-likeness (QED) is 0.438.